The van der Waals surface area contributed by atoms with Gasteiger partial charge in [-0.25, -0.2) is 8.78 Å². The van der Waals surface area contributed by atoms with Gasteiger partial charge in [-0.2, -0.15) is 0 Å². The molecule has 2 aromatic carbocycles. The number of benzene rings is 2. The second-order valence-electron chi connectivity index (χ2n) is 5.23. The summed E-state index contributed by atoms with van der Waals surface area (Å²) in [5.74, 6) is -0.500. The van der Waals surface area contributed by atoms with Crippen molar-refractivity contribution >= 4 is 5.57 Å². The van der Waals surface area contributed by atoms with Crippen molar-refractivity contribution in [2.75, 3.05) is 6.61 Å². The Kier molecular flexibility index (Phi) is 4.86. The van der Waals surface area contributed by atoms with E-state index < -0.39 is 0 Å². The van der Waals surface area contributed by atoms with Crippen molar-refractivity contribution in [2.45, 2.75) is 13.8 Å². The Hall–Kier alpha value is -2.00. The highest BCUT2D eigenvalue weighted by atomic mass is 19.1. The highest BCUT2D eigenvalue weighted by Crippen LogP contribution is 2.30. The summed E-state index contributed by atoms with van der Waals surface area (Å²) in [7, 11) is 0. The van der Waals surface area contributed by atoms with Gasteiger partial charge >= 0.3 is 0 Å². The van der Waals surface area contributed by atoms with Gasteiger partial charge in [-0.1, -0.05) is 38.1 Å². The minimum Gasteiger partial charge on any atom is -0.392 e. The second-order valence-corrected chi connectivity index (χ2v) is 5.23. The molecule has 0 aliphatic heterocycles. The number of aliphatic hydroxyl groups is 1. The van der Waals surface area contributed by atoms with Gasteiger partial charge in [0.05, 0.1) is 6.61 Å². The molecule has 0 saturated carbocycles. The fraction of sp³-hybridized carbons (Fsp3) is 0.222. The molecular weight excluding hydrogens is 270 g/mol. The topological polar surface area (TPSA) is 20.2 Å². The van der Waals surface area contributed by atoms with E-state index in [0.29, 0.717) is 0 Å². The first-order valence-corrected chi connectivity index (χ1v) is 6.88. The molecule has 21 heavy (non-hydrogen) atoms. The monoisotopic (exact) mass is 288 g/mol. The van der Waals surface area contributed by atoms with Crippen LogP contribution in [0, 0.1) is 17.6 Å². The van der Waals surface area contributed by atoms with Crippen LogP contribution in [0.1, 0.15) is 25.0 Å². The molecule has 2 rings (SSSR count). The average Bonchev–Trinajstić information content (AvgIpc) is 2.46. The van der Waals surface area contributed by atoms with E-state index >= 15 is 0 Å². The van der Waals surface area contributed by atoms with Crippen LogP contribution in [0.5, 0.6) is 0 Å². The number of halogens is 2. The van der Waals surface area contributed by atoms with Gasteiger partial charge in [0, 0.05) is 0 Å². The lowest BCUT2D eigenvalue weighted by Gasteiger charge is -2.18. The first kappa shape index (κ1) is 15.4. The van der Waals surface area contributed by atoms with Gasteiger partial charge < -0.3 is 5.11 Å². The molecule has 0 aliphatic rings. The third-order valence-electron chi connectivity index (χ3n) is 3.45. The van der Waals surface area contributed by atoms with Crippen LogP contribution in [0.2, 0.25) is 0 Å². The molecule has 3 heteroatoms. The molecule has 0 heterocycles. The molecule has 0 saturated heterocycles. The molecular formula is C18H18F2O. The van der Waals surface area contributed by atoms with E-state index in [2.05, 4.69) is 0 Å². The van der Waals surface area contributed by atoms with Crippen molar-refractivity contribution in [3.63, 3.8) is 0 Å². The number of aliphatic hydroxyl groups excluding tert-OH is 1. The van der Waals surface area contributed by atoms with Gasteiger partial charge in [0.15, 0.2) is 0 Å². The predicted molar refractivity (Wildman–Crippen MR) is 80.7 cm³/mol. The van der Waals surface area contributed by atoms with Crippen molar-refractivity contribution in [3.05, 3.63) is 76.9 Å². The van der Waals surface area contributed by atoms with Gasteiger partial charge in [0.25, 0.3) is 0 Å². The molecule has 0 atom stereocenters. The average molecular weight is 288 g/mol. The van der Waals surface area contributed by atoms with Crippen LogP contribution in [-0.2, 0) is 0 Å². The maximum atomic E-state index is 13.1. The summed E-state index contributed by atoms with van der Waals surface area (Å²) in [4.78, 5) is 0. The van der Waals surface area contributed by atoms with E-state index in [9.17, 15) is 13.9 Å². The van der Waals surface area contributed by atoms with Crippen molar-refractivity contribution < 1.29 is 13.9 Å². The zero-order valence-corrected chi connectivity index (χ0v) is 12.1. The predicted octanol–water partition coefficient (Wildman–Crippen LogP) is 4.42. The molecule has 0 aromatic heterocycles. The lowest BCUT2D eigenvalue weighted by Crippen LogP contribution is -2.05. The molecule has 1 N–H and O–H groups in total. The van der Waals surface area contributed by atoms with Crippen LogP contribution in [0.4, 0.5) is 8.78 Å². The minimum absolute atomic E-state index is 0.0955. The molecule has 0 unspecified atom stereocenters. The van der Waals surface area contributed by atoms with Crippen molar-refractivity contribution in [2.24, 2.45) is 5.92 Å². The van der Waals surface area contributed by atoms with Crippen LogP contribution in [0.3, 0.4) is 0 Å². The van der Waals surface area contributed by atoms with E-state index in [1.54, 1.807) is 24.3 Å². The molecule has 110 valence electrons. The van der Waals surface area contributed by atoms with Crippen molar-refractivity contribution in [3.8, 4) is 0 Å². The van der Waals surface area contributed by atoms with Gasteiger partial charge in [-0.3, -0.25) is 0 Å². The standard InChI is InChI=1S/C18H18F2O/c1-12(2)17(11-21)18(13-3-7-15(19)8-4-13)14-5-9-16(20)10-6-14/h3-10,12,21H,11H2,1-2H3. The normalized spacial score (nSPS) is 10.8. The molecule has 2 aromatic rings. The summed E-state index contributed by atoms with van der Waals surface area (Å²) >= 11 is 0. The number of hydrogen-bond donors (Lipinski definition) is 1. The van der Waals surface area contributed by atoms with Crippen molar-refractivity contribution in [1.29, 1.82) is 0 Å². The van der Waals surface area contributed by atoms with E-state index in [4.69, 9.17) is 0 Å². The Bertz CT molecular complexity index is 578. The summed E-state index contributed by atoms with van der Waals surface area (Å²) in [5, 5.41) is 9.69. The van der Waals surface area contributed by atoms with E-state index in [-0.39, 0.29) is 24.2 Å². The molecule has 0 spiro atoms. The third kappa shape index (κ3) is 3.56. The summed E-state index contributed by atoms with van der Waals surface area (Å²) in [6.07, 6.45) is 0. The SMILES string of the molecule is CC(C)C(CO)=C(c1ccc(F)cc1)c1ccc(F)cc1. The summed E-state index contributed by atoms with van der Waals surface area (Å²) in [6.45, 7) is 3.87. The molecule has 0 aliphatic carbocycles. The fourth-order valence-corrected chi connectivity index (χ4v) is 2.32. The third-order valence-corrected chi connectivity index (χ3v) is 3.45. The van der Waals surface area contributed by atoms with Gasteiger partial charge in [0.1, 0.15) is 11.6 Å². The van der Waals surface area contributed by atoms with Gasteiger partial charge in [-0.05, 0) is 52.5 Å². The van der Waals surface area contributed by atoms with Crippen molar-refractivity contribution in [1.82, 2.24) is 0 Å². The summed E-state index contributed by atoms with van der Waals surface area (Å²) < 4.78 is 26.3. The minimum atomic E-state index is -0.313. The summed E-state index contributed by atoms with van der Waals surface area (Å²) in [5.41, 5.74) is 3.28. The van der Waals surface area contributed by atoms with Gasteiger partial charge in [-0.15, -0.1) is 0 Å². The Balaban J connectivity index is 2.64. The lowest BCUT2D eigenvalue weighted by molar-refractivity contribution is 0.319. The number of hydrogen-bond acceptors (Lipinski definition) is 1. The Labute approximate surface area is 123 Å². The first-order valence-electron chi connectivity index (χ1n) is 6.88. The quantitative estimate of drug-likeness (QED) is 0.883. The maximum absolute atomic E-state index is 13.1. The molecule has 0 fully saturated rings. The van der Waals surface area contributed by atoms with E-state index in [1.807, 2.05) is 13.8 Å². The molecule has 0 bridgehead atoms. The zero-order chi connectivity index (χ0) is 15.4. The molecule has 0 amide bonds. The van der Waals surface area contributed by atoms with Crippen LogP contribution >= 0.6 is 0 Å². The molecule has 0 radical (unpaired) electrons. The van der Waals surface area contributed by atoms with Gasteiger partial charge in [0.2, 0.25) is 0 Å². The second kappa shape index (κ2) is 6.64. The Morgan fingerprint density at radius 1 is 0.857 bits per heavy atom. The smallest absolute Gasteiger partial charge is 0.123 e. The van der Waals surface area contributed by atoms with Crippen LogP contribution < -0.4 is 0 Å². The van der Waals surface area contributed by atoms with E-state index in [1.165, 1.54) is 24.3 Å². The van der Waals surface area contributed by atoms with Crippen LogP contribution in [0.15, 0.2) is 54.1 Å². The highest BCUT2D eigenvalue weighted by molar-refractivity contribution is 5.82. The lowest BCUT2D eigenvalue weighted by atomic mass is 9.88. The summed E-state index contributed by atoms with van der Waals surface area (Å²) in [6, 6.07) is 12.2. The zero-order valence-electron chi connectivity index (χ0n) is 12.1. The van der Waals surface area contributed by atoms with Crippen LogP contribution in [-0.4, -0.2) is 11.7 Å². The largest absolute Gasteiger partial charge is 0.392 e. The first-order chi connectivity index (χ1) is 10.0. The Morgan fingerprint density at radius 2 is 1.24 bits per heavy atom. The molecule has 1 nitrogen and oxygen atoms in total. The van der Waals surface area contributed by atoms with Crippen LogP contribution in [0.25, 0.3) is 5.57 Å². The number of rotatable bonds is 4. The maximum Gasteiger partial charge on any atom is 0.123 e. The highest BCUT2D eigenvalue weighted by Gasteiger charge is 2.14. The Morgan fingerprint density at radius 3 is 1.52 bits per heavy atom. The fourth-order valence-electron chi connectivity index (χ4n) is 2.32. The van der Waals surface area contributed by atoms with E-state index in [0.717, 1.165) is 22.3 Å².